The van der Waals surface area contributed by atoms with Crippen LogP contribution in [0.15, 0.2) is 23.2 Å². The monoisotopic (exact) mass is 258 g/mol. The second-order valence-electron chi connectivity index (χ2n) is 5.40. The lowest BCUT2D eigenvalue weighted by Crippen LogP contribution is -2.49. The van der Waals surface area contributed by atoms with Crippen LogP contribution in [-0.4, -0.2) is 11.8 Å². The average molecular weight is 258 g/mol. The molecule has 0 aromatic rings. The predicted octanol–water partition coefficient (Wildman–Crippen LogP) is 0.000380. The van der Waals surface area contributed by atoms with E-state index < -0.39 is 22.6 Å². The molecular weight excluding hydrogens is 244 g/mol. The first-order chi connectivity index (χ1) is 8.98. The van der Waals surface area contributed by atoms with Gasteiger partial charge in [0.05, 0.1) is 5.57 Å². The zero-order valence-electron chi connectivity index (χ0n) is 10.5. The molecule has 2 aliphatic heterocycles. The molecule has 3 rings (SSSR count). The van der Waals surface area contributed by atoms with Gasteiger partial charge in [-0.2, -0.15) is 5.26 Å². The van der Waals surface area contributed by atoms with E-state index in [1.165, 1.54) is 0 Å². The average Bonchev–Trinajstić information content (AvgIpc) is 2.75. The molecule has 0 unspecified atom stereocenters. The molecule has 0 saturated carbocycles. The van der Waals surface area contributed by atoms with Gasteiger partial charge in [0.25, 0.3) is 0 Å². The molecule has 0 aromatic carbocycles. The molecule has 4 N–H and O–H groups in total. The number of nitriles is 1. The van der Waals surface area contributed by atoms with Gasteiger partial charge in [0.1, 0.15) is 11.9 Å². The van der Waals surface area contributed by atoms with Crippen LogP contribution in [0.2, 0.25) is 0 Å². The van der Waals surface area contributed by atoms with Crippen molar-refractivity contribution in [1.29, 1.82) is 5.26 Å². The van der Waals surface area contributed by atoms with Gasteiger partial charge in [0.15, 0.2) is 5.41 Å². The molecule has 19 heavy (non-hydrogen) atoms. The molecule has 1 fully saturated rings. The SMILES string of the molecule is C[C@@]12CCCC=C1NC(=O)[C@@]21C(=O)NC(N)=C1C#N. The Kier molecular flexibility index (Phi) is 2.10. The third-order valence-corrected chi connectivity index (χ3v) is 4.59. The Labute approximate surface area is 110 Å². The molecule has 1 aliphatic carbocycles. The summed E-state index contributed by atoms with van der Waals surface area (Å²) in [7, 11) is 0. The fourth-order valence-electron chi connectivity index (χ4n) is 3.59. The van der Waals surface area contributed by atoms with Crippen molar-refractivity contribution in [3.8, 4) is 6.07 Å². The van der Waals surface area contributed by atoms with Crippen molar-refractivity contribution in [1.82, 2.24) is 10.6 Å². The Balaban J connectivity index is 2.32. The summed E-state index contributed by atoms with van der Waals surface area (Å²) >= 11 is 0. The van der Waals surface area contributed by atoms with Crippen molar-refractivity contribution in [3.05, 3.63) is 23.2 Å². The maximum Gasteiger partial charge on any atom is 0.247 e. The van der Waals surface area contributed by atoms with Crippen LogP contribution >= 0.6 is 0 Å². The highest BCUT2D eigenvalue weighted by molar-refractivity contribution is 6.15. The second kappa shape index (κ2) is 3.38. The third kappa shape index (κ3) is 1.06. The van der Waals surface area contributed by atoms with Crippen LogP contribution in [0.1, 0.15) is 26.2 Å². The van der Waals surface area contributed by atoms with Gasteiger partial charge in [0.2, 0.25) is 11.8 Å². The molecule has 0 radical (unpaired) electrons. The van der Waals surface area contributed by atoms with E-state index in [9.17, 15) is 14.9 Å². The van der Waals surface area contributed by atoms with E-state index in [1.807, 2.05) is 19.1 Å². The van der Waals surface area contributed by atoms with Crippen LogP contribution in [0.3, 0.4) is 0 Å². The van der Waals surface area contributed by atoms with Gasteiger partial charge >= 0.3 is 0 Å². The molecule has 2 heterocycles. The van der Waals surface area contributed by atoms with Gasteiger partial charge in [-0.15, -0.1) is 0 Å². The second-order valence-corrected chi connectivity index (χ2v) is 5.40. The molecule has 1 spiro atoms. The number of nitrogens with zero attached hydrogens (tertiary/aromatic N) is 1. The van der Waals surface area contributed by atoms with Gasteiger partial charge in [-0.1, -0.05) is 13.0 Å². The molecule has 3 aliphatic rings. The van der Waals surface area contributed by atoms with Crippen molar-refractivity contribution in [2.45, 2.75) is 26.2 Å². The number of amides is 2. The maximum atomic E-state index is 12.4. The highest BCUT2D eigenvalue weighted by Crippen LogP contribution is 2.59. The highest BCUT2D eigenvalue weighted by Gasteiger charge is 2.70. The normalized spacial score (nSPS) is 36.7. The number of carbonyl (C=O) groups excluding carboxylic acids is 2. The molecule has 0 bridgehead atoms. The van der Waals surface area contributed by atoms with Crippen molar-refractivity contribution in [2.24, 2.45) is 16.6 Å². The van der Waals surface area contributed by atoms with Crippen LogP contribution in [-0.2, 0) is 9.59 Å². The Morgan fingerprint density at radius 3 is 2.74 bits per heavy atom. The fourth-order valence-corrected chi connectivity index (χ4v) is 3.59. The van der Waals surface area contributed by atoms with Crippen LogP contribution < -0.4 is 16.4 Å². The van der Waals surface area contributed by atoms with Crippen molar-refractivity contribution >= 4 is 11.8 Å². The Morgan fingerprint density at radius 2 is 2.05 bits per heavy atom. The van der Waals surface area contributed by atoms with Crippen LogP contribution in [0.5, 0.6) is 0 Å². The number of nitrogens with one attached hydrogen (secondary N) is 2. The van der Waals surface area contributed by atoms with E-state index in [0.29, 0.717) is 6.42 Å². The summed E-state index contributed by atoms with van der Waals surface area (Å²) < 4.78 is 0. The molecule has 1 saturated heterocycles. The maximum absolute atomic E-state index is 12.4. The summed E-state index contributed by atoms with van der Waals surface area (Å²) in [5, 5.41) is 14.5. The van der Waals surface area contributed by atoms with Gasteiger partial charge in [-0.3, -0.25) is 9.59 Å². The molecular formula is C13H14N4O2. The minimum atomic E-state index is -1.50. The van der Waals surface area contributed by atoms with Crippen molar-refractivity contribution in [2.75, 3.05) is 0 Å². The number of hydrogen-bond acceptors (Lipinski definition) is 4. The summed E-state index contributed by atoms with van der Waals surface area (Å²) in [4.78, 5) is 24.8. The summed E-state index contributed by atoms with van der Waals surface area (Å²) in [5.41, 5.74) is 4.27. The van der Waals surface area contributed by atoms with Crippen molar-refractivity contribution < 1.29 is 9.59 Å². The highest BCUT2D eigenvalue weighted by atomic mass is 16.2. The minimum Gasteiger partial charge on any atom is -0.384 e. The van der Waals surface area contributed by atoms with Crippen LogP contribution in [0.25, 0.3) is 0 Å². The first-order valence-electron chi connectivity index (χ1n) is 6.22. The number of nitrogens with two attached hydrogens (primary N) is 1. The number of allylic oxidation sites excluding steroid dienone is 2. The zero-order chi connectivity index (χ0) is 13.8. The van der Waals surface area contributed by atoms with E-state index in [1.54, 1.807) is 0 Å². The third-order valence-electron chi connectivity index (χ3n) is 4.59. The van der Waals surface area contributed by atoms with Crippen LogP contribution in [0, 0.1) is 22.2 Å². The molecule has 6 heteroatoms. The first kappa shape index (κ1) is 11.8. The minimum absolute atomic E-state index is 0.00398. The zero-order valence-corrected chi connectivity index (χ0v) is 10.5. The number of fused-ring (bicyclic) bond motifs is 2. The summed E-state index contributed by atoms with van der Waals surface area (Å²) in [6.07, 6.45) is 4.35. The molecule has 0 aromatic heterocycles. The van der Waals surface area contributed by atoms with E-state index in [4.69, 9.17) is 5.73 Å². The van der Waals surface area contributed by atoms with Gasteiger partial charge in [0, 0.05) is 11.1 Å². The molecule has 2 amide bonds. The number of rotatable bonds is 0. The lowest BCUT2D eigenvalue weighted by molar-refractivity contribution is -0.141. The lowest BCUT2D eigenvalue weighted by atomic mass is 9.58. The van der Waals surface area contributed by atoms with Gasteiger partial charge in [-0.25, -0.2) is 0 Å². The largest absolute Gasteiger partial charge is 0.384 e. The summed E-state index contributed by atoms with van der Waals surface area (Å²) in [6.45, 7) is 1.85. The molecule has 98 valence electrons. The smallest absolute Gasteiger partial charge is 0.247 e. The number of hydrogen-bond donors (Lipinski definition) is 3. The van der Waals surface area contributed by atoms with E-state index >= 15 is 0 Å². The van der Waals surface area contributed by atoms with Crippen LogP contribution in [0.4, 0.5) is 0 Å². The van der Waals surface area contributed by atoms with Gasteiger partial charge < -0.3 is 16.4 Å². The summed E-state index contributed by atoms with van der Waals surface area (Å²) in [5.74, 6) is -0.944. The van der Waals surface area contributed by atoms with E-state index in [2.05, 4.69) is 10.6 Å². The van der Waals surface area contributed by atoms with E-state index in [0.717, 1.165) is 18.5 Å². The molecule has 2 atom stereocenters. The first-order valence-corrected chi connectivity index (χ1v) is 6.22. The number of carbonyl (C=O) groups is 2. The Morgan fingerprint density at radius 1 is 1.37 bits per heavy atom. The lowest BCUT2D eigenvalue weighted by Gasteiger charge is -2.38. The van der Waals surface area contributed by atoms with Gasteiger partial charge in [-0.05, 0) is 19.3 Å². The quantitative estimate of drug-likeness (QED) is 0.531. The summed E-state index contributed by atoms with van der Waals surface area (Å²) in [6, 6.07) is 1.95. The Hall–Kier alpha value is -2.29. The standard InChI is InChI=1S/C13H14N4O2/c1-12-5-3-2-4-8(12)16-10(18)13(12)7(6-14)9(15)17-11(13)19/h4H,2-3,5,15H2,1H3,(H,16,18)(H,17,19)/t12-,13+/m1/s1. The topological polar surface area (TPSA) is 108 Å². The van der Waals surface area contributed by atoms with Crippen molar-refractivity contribution in [3.63, 3.8) is 0 Å². The predicted molar refractivity (Wildman–Crippen MR) is 65.6 cm³/mol. The Bertz CT molecular complexity index is 613. The molecule has 6 nitrogen and oxygen atoms in total. The fraction of sp³-hybridized carbons (Fsp3) is 0.462. The van der Waals surface area contributed by atoms with E-state index in [-0.39, 0.29) is 11.4 Å².